The van der Waals surface area contributed by atoms with E-state index < -0.39 is 11.6 Å². The lowest BCUT2D eigenvalue weighted by Gasteiger charge is -2.15. The molecule has 0 aliphatic carbocycles. The molecule has 1 aromatic rings. The predicted octanol–water partition coefficient (Wildman–Crippen LogP) is 3.38. The van der Waals surface area contributed by atoms with Gasteiger partial charge in [-0.05, 0) is 51.5 Å². The summed E-state index contributed by atoms with van der Waals surface area (Å²) in [6, 6.07) is 5.39. The Balaban J connectivity index is 2.70. The van der Waals surface area contributed by atoms with Crippen molar-refractivity contribution in [2.24, 2.45) is 0 Å². The minimum Gasteiger partial charge on any atom is -0.493 e. The third-order valence-corrected chi connectivity index (χ3v) is 2.27. The van der Waals surface area contributed by atoms with Crippen LogP contribution in [0.4, 0.5) is 0 Å². The fourth-order valence-corrected chi connectivity index (χ4v) is 1.42. The molecule has 0 saturated carbocycles. The van der Waals surface area contributed by atoms with Crippen LogP contribution in [0.2, 0.25) is 0 Å². The highest BCUT2D eigenvalue weighted by molar-refractivity contribution is 5.86. The van der Waals surface area contributed by atoms with Crippen molar-refractivity contribution in [3.05, 3.63) is 29.8 Å². The second-order valence-corrected chi connectivity index (χ2v) is 5.27. The number of hydrogen-bond donors (Lipinski definition) is 0. The zero-order valence-corrected chi connectivity index (χ0v) is 13.1. The first-order valence-electron chi connectivity index (χ1n) is 6.74. The lowest BCUT2D eigenvalue weighted by molar-refractivity contribution is -0.316. The molecule has 0 bridgehead atoms. The van der Waals surface area contributed by atoms with Crippen LogP contribution < -0.4 is 9.47 Å². The number of hydrogen-bond acceptors (Lipinski definition) is 5. The molecule has 0 radical (unpaired) electrons. The summed E-state index contributed by atoms with van der Waals surface area (Å²) in [5, 5.41) is 0. The molecule has 0 fully saturated rings. The van der Waals surface area contributed by atoms with Crippen molar-refractivity contribution < 1.29 is 24.0 Å². The minimum absolute atomic E-state index is 0.536. The Labute approximate surface area is 125 Å². The zero-order valence-electron chi connectivity index (χ0n) is 13.1. The molecule has 0 unspecified atom stereocenters. The summed E-state index contributed by atoms with van der Waals surface area (Å²) in [6.45, 7) is 7.84. The van der Waals surface area contributed by atoms with E-state index in [4.69, 9.17) is 14.4 Å². The van der Waals surface area contributed by atoms with Gasteiger partial charge < -0.3 is 9.47 Å². The zero-order chi connectivity index (χ0) is 15.9. The van der Waals surface area contributed by atoms with Crippen LogP contribution in [-0.2, 0) is 14.6 Å². The fraction of sp³-hybridized carbons (Fsp3) is 0.438. The van der Waals surface area contributed by atoms with E-state index in [0.717, 1.165) is 5.56 Å². The van der Waals surface area contributed by atoms with Crippen LogP contribution in [0.3, 0.4) is 0 Å². The van der Waals surface area contributed by atoms with Gasteiger partial charge in [-0.1, -0.05) is 6.07 Å². The Bertz CT molecular complexity index is 500. The first kappa shape index (κ1) is 17.0. The molecule has 0 N–H and O–H groups in total. The highest BCUT2D eigenvalue weighted by atomic mass is 17.2. The maximum absolute atomic E-state index is 11.5. The van der Waals surface area contributed by atoms with Gasteiger partial charge in [0.15, 0.2) is 11.5 Å². The topological polar surface area (TPSA) is 54.0 Å². The van der Waals surface area contributed by atoms with Gasteiger partial charge in [-0.15, -0.1) is 0 Å². The van der Waals surface area contributed by atoms with Crippen LogP contribution in [0.15, 0.2) is 24.3 Å². The van der Waals surface area contributed by atoms with E-state index in [1.165, 1.54) is 6.08 Å². The van der Waals surface area contributed by atoms with Crippen molar-refractivity contribution >= 4 is 12.0 Å². The number of benzene rings is 1. The third kappa shape index (κ3) is 6.31. The lowest BCUT2D eigenvalue weighted by atomic mass is 10.2. The number of methoxy groups -OCH3 is 1. The predicted molar refractivity (Wildman–Crippen MR) is 80.1 cm³/mol. The van der Waals surface area contributed by atoms with Crippen molar-refractivity contribution in [3.63, 3.8) is 0 Å². The summed E-state index contributed by atoms with van der Waals surface area (Å²) < 4.78 is 10.7. The molecule has 1 aromatic carbocycles. The van der Waals surface area contributed by atoms with Crippen LogP contribution >= 0.6 is 0 Å². The van der Waals surface area contributed by atoms with Gasteiger partial charge in [-0.25, -0.2) is 4.79 Å². The maximum Gasteiger partial charge on any atom is 0.365 e. The van der Waals surface area contributed by atoms with Crippen LogP contribution in [-0.4, -0.2) is 25.3 Å². The summed E-state index contributed by atoms with van der Waals surface area (Å²) >= 11 is 0. The standard InChI is InChI=1S/C16H22O5/c1-6-19-13-9-7-12(11-14(13)18-5)8-10-15(17)20-21-16(2,3)4/h7-11H,6H2,1-5H3/b10-8+. The third-order valence-electron chi connectivity index (χ3n) is 2.27. The van der Waals surface area contributed by atoms with E-state index in [-0.39, 0.29) is 0 Å². The van der Waals surface area contributed by atoms with Crippen LogP contribution in [0.5, 0.6) is 11.5 Å². The monoisotopic (exact) mass is 294 g/mol. The summed E-state index contributed by atoms with van der Waals surface area (Å²) in [5.41, 5.74) is 0.259. The summed E-state index contributed by atoms with van der Waals surface area (Å²) in [4.78, 5) is 21.1. The molecule has 5 heteroatoms. The summed E-state index contributed by atoms with van der Waals surface area (Å²) in [6.07, 6.45) is 2.91. The van der Waals surface area contributed by atoms with Crippen molar-refractivity contribution in [3.8, 4) is 11.5 Å². The van der Waals surface area contributed by atoms with Gasteiger partial charge in [0.2, 0.25) is 0 Å². The Morgan fingerprint density at radius 2 is 1.95 bits per heavy atom. The number of carbonyl (C=O) groups excluding carboxylic acids is 1. The molecule has 1 rings (SSSR count). The molecule has 116 valence electrons. The van der Waals surface area contributed by atoms with E-state index in [0.29, 0.717) is 18.1 Å². The second kappa shape index (κ2) is 7.69. The van der Waals surface area contributed by atoms with Crippen molar-refractivity contribution in [1.29, 1.82) is 0 Å². The molecule has 0 saturated heterocycles. The van der Waals surface area contributed by atoms with Crippen molar-refractivity contribution in [2.45, 2.75) is 33.3 Å². The Hall–Kier alpha value is -2.01. The largest absolute Gasteiger partial charge is 0.493 e. The molecule has 0 amide bonds. The minimum atomic E-state index is -0.572. The molecule has 5 nitrogen and oxygen atoms in total. The average molecular weight is 294 g/mol. The molecule has 0 heterocycles. The molecule has 21 heavy (non-hydrogen) atoms. The van der Waals surface area contributed by atoms with Crippen molar-refractivity contribution in [2.75, 3.05) is 13.7 Å². The maximum atomic E-state index is 11.5. The first-order valence-corrected chi connectivity index (χ1v) is 6.74. The number of ether oxygens (including phenoxy) is 2. The van der Waals surface area contributed by atoms with Crippen molar-refractivity contribution in [1.82, 2.24) is 0 Å². The lowest BCUT2D eigenvalue weighted by Crippen LogP contribution is -2.21. The smallest absolute Gasteiger partial charge is 0.365 e. The number of rotatable bonds is 6. The van der Waals surface area contributed by atoms with Gasteiger partial charge in [0.1, 0.15) is 5.60 Å². The molecule has 0 atom stereocenters. The van der Waals surface area contributed by atoms with Gasteiger partial charge in [-0.2, -0.15) is 4.89 Å². The molecular weight excluding hydrogens is 272 g/mol. The Morgan fingerprint density at radius 3 is 2.52 bits per heavy atom. The molecule has 0 aliphatic rings. The van der Waals surface area contributed by atoms with E-state index in [2.05, 4.69) is 4.89 Å². The van der Waals surface area contributed by atoms with E-state index >= 15 is 0 Å². The normalized spacial score (nSPS) is 11.5. The molecular formula is C16H22O5. The Morgan fingerprint density at radius 1 is 1.24 bits per heavy atom. The fourth-order valence-electron chi connectivity index (χ4n) is 1.42. The second-order valence-electron chi connectivity index (χ2n) is 5.27. The summed E-state index contributed by atoms with van der Waals surface area (Å²) in [5.74, 6) is 0.701. The van der Waals surface area contributed by atoms with Gasteiger partial charge in [0.05, 0.1) is 13.7 Å². The number of carbonyl (C=O) groups is 1. The first-order chi connectivity index (χ1) is 9.85. The van der Waals surface area contributed by atoms with Gasteiger partial charge >= 0.3 is 5.97 Å². The Kier molecular flexibility index (Phi) is 6.24. The highest BCUT2D eigenvalue weighted by Crippen LogP contribution is 2.28. The molecule has 0 aliphatic heterocycles. The molecule has 0 spiro atoms. The van der Waals surface area contributed by atoms with E-state index in [1.54, 1.807) is 46.1 Å². The summed E-state index contributed by atoms with van der Waals surface area (Å²) in [7, 11) is 1.57. The van der Waals surface area contributed by atoms with Crippen LogP contribution in [0, 0.1) is 0 Å². The van der Waals surface area contributed by atoms with Gasteiger partial charge in [0, 0.05) is 6.08 Å². The highest BCUT2D eigenvalue weighted by Gasteiger charge is 2.13. The van der Waals surface area contributed by atoms with Gasteiger partial charge in [-0.3, -0.25) is 4.89 Å². The average Bonchev–Trinajstić information content (AvgIpc) is 2.43. The van der Waals surface area contributed by atoms with Crippen LogP contribution in [0.25, 0.3) is 6.08 Å². The quantitative estimate of drug-likeness (QED) is 0.457. The SMILES string of the molecule is CCOc1ccc(/C=C/C(=O)OOC(C)(C)C)cc1OC. The van der Waals surface area contributed by atoms with Crippen LogP contribution in [0.1, 0.15) is 33.3 Å². The molecule has 0 aromatic heterocycles. The van der Waals surface area contributed by atoms with Gasteiger partial charge in [0.25, 0.3) is 0 Å². The van der Waals surface area contributed by atoms with E-state index in [9.17, 15) is 4.79 Å². The van der Waals surface area contributed by atoms with E-state index in [1.807, 2.05) is 13.0 Å².